The van der Waals surface area contributed by atoms with Crippen LogP contribution in [0.2, 0.25) is 0 Å². The van der Waals surface area contributed by atoms with Crippen LogP contribution in [0.1, 0.15) is 31.0 Å². The van der Waals surface area contributed by atoms with Crippen molar-refractivity contribution >= 4 is 30.8 Å². The first-order valence-corrected chi connectivity index (χ1v) is 13.5. The van der Waals surface area contributed by atoms with Gasteiger partial charge in [0.1, 0.15) is 0 Å². The number of nitrogens with one attached hydrogen (secondary N) is 2. The predicted molar refractivity (Wildman–Crippen MR) is 127 cm³/mol. The van der Waals surface area contributed by atoms with Crippen LogP contribution in [0.5, 0.6) is 0 Å². The van der Waals surface area contributed by atoms with E-state index in [4.69, 9.17) is 0 Å². The molecule has 0 saturated carbocycles. The number of aromatic nitrogens is 2. The molecule has 7 nitrogen and oxygen atoms in total. The second-order valence-electron chi connectivity index (χ2n) is 8.05. The van der Waals surface area contributed by atoms with Gasteiger partial charge in [-0.2, -0.15) is 0 Å². The van der Waals surface area contributed by atoms with Crippen LogP contribution in [-0.2, 0) is 26.3 Å². The summed E-state index contributed by atoms with van der Waals surface area (Å²) in [4.78, 5) is 7.25. The maximum atomic E-state index is 13.3. The van der Waals surface area contributed by atoms with Gasteiger partial charge in [-0.3, -0.25) is 4.98 Å². The summed E-state index contributed by atoms with van der Waals surface area (Å²) in [6.07, 6.45) is 3.81. The number of H-pyrrole nitrogens is 1. The average Bonchev–Trinajstić information content (AvgIpc) is 3.27. The number of hydrogen-bond donors (Lipinski definition) is 2. The molecule has 4 rings (SSSR count). The molecule has 0 bridgehead atoms. The molecule has 0 aliphatic carbocycles. The van der Waals surface area contributed by atoms with Gasteiger partial charge in [-0.1, -0.05) is 26.0 Å². The molecule has 33 heavy (non-hydrogen) atoms. The average molecular weight is 484 g/mol. The van der Waals surface area contributed by atoms with E-state index in [9.17, 15) is 16.8 Å². The van der Waals surface area contributed by atoms with Crippen LogP contribution in [-0.4, -0.2) is 33.3 Å². The number of benzene rings is 2. The van der Waals surface area contributed by atoms with Gasteiger partial charge >= 0.3 is 0 Å². The summed E-state index contributed by atoms with van der Waals surface area (Å²) in [6.45, 7) is 3.89. The van der Waals surface area contributed by atoms with Crippen molar-refractivity contribution in [2.45, 2.75) is 40.9 Å². The van der Waals surface area contributed by atoms with E-state index in [2.05, 4.69) is 14.7 Å². The number of hydrogen-bond acceptors (Lipinski definition) is 5. The Morgan fingerprint density at radius 1 is 0.939 bits per heavy atom. The summed E-state index contributed by atoms with van der Waals surface area (Å²) in [5.74, 6) is -0.111. The second kappa shape index (κ2) is 9.09. The molecule has 172 valence electrons. The topological polar surface area (TPSA) is 109 Å². The van der Waals surface area contributed by atoms with Gasteiger partial charge in [-0.05, 0) is 60.0 Å². The molecule has 0 saturated heterocycles. The van der Waals surface area contributed by atoms with E-state index in [0.717, 1.165) is 16.6 Å². The van der Waals surface area contributed by atoms with E-state index in [1.54, 1.807) is 42.7 Å². The Bertz CT molecular complexity index is 1490. The lowest BCUT2D eigenvalue weighted by Gasteiger charge is -2.16. The van der Waals surface area contributed by atoms with Crippen molar-refractivity contribution in [1.29, 1.82) is 0 Å². The van der Waals surface area contributed by atoms with Gasteiger partial charge in [-0.15, -0.1) is 0 Å². The van der Waals surface area contributed by atoms with E-state index in [1.165, 1.54) is 18.2 Å². The molecule has 4 aromatic rings. The molecular formula is C24H25N3O4S2. The molecule has 2 aromatic heterocycles. The Kier molecular flexibility index (Phi) is 6.38. The fourth-order valence-corrected chi connectivity index (χ4v) is 6.48. The SMILES string of the molecule is CC(C)c1ccc(S(=O)(=O)c2ccc3[nH]ccc3c2)cc1S(=O)(=O)NCCc1ccccn1. The fraction of sp³-hybridized carbons (Fsp3) is 0.208. The van der Waals surface area contributed by atoms with Gasteiger partial charge < -0.3 is 4.98 Å². The van der Waals surface area contributed by atoms with Crippen molar-refractivity contribution < 1.29 is 16.8 Å². The lowest BCUT2D eigenvalue weighted by molar-refractivity contribution is 0.578. The number of fused-ring (bicyclic) bond motifs is 1. The third-order valence-corrected chi connectivity index (χ3v) is 8.71. The maximum Gasteiger partial charge on any atom is 0.240 e. The molecule has 0 atom stereocenters. The first kappa shape index (κ1) is 23.2. The van der Waals surface area contributed by atoms with Crippen molar-refractivity contribution in [1.82, 2.24) is 14.7 Å². The van der Waals surface area contributed by atoms with Crippen LogP contribution < -0.4 is 4.72 Å². The van der Waals surface area contributed by atoms with Crippen LogP contribution in [0.4, 0.5) is 0 Å². The summed E-state index contributed by atoms with van der Waals surface area (Å²) in [5.41, 5.74) is 2.14. The minimum atomic E-state index is -3.94. The molecule has 2 N–H and O–H groups in total. The minimum Gasteiger partial charge on any atom is -0.361 e. The molecule has 0 amide bonds. The van der Waals surface area contributed by atoms with Crippen molar-refractivity contribution in [3.63, 3.8) is 0 Å². The van der Waals surface area contributed by atoms with Gasteiger partial charge in [0.15, 0.2) is 0 Å². The predicted octanol–water partition coefficient (Wildman–Crippen LogP) is 4.04. The van der Waals surface area contributed by atoms with Gasteiger partial charge in [0.2, 0.25) is 19.9 Å². The Labute approximate surface area is 193 Å². The zero-order valence-corrected chi connectivity index (χ0v) is 19.9. The Hall–Kier alpha value is -3.01. The number of sulfonamides is 1. The summed E-state index contributed by atoms with van der Waals surface area (Å²) in [6, 6.07) is 16.4. The van der Waals surface area contributed by atoms with Crippen molar-refractivity contribution in [2.24, 2.45) is 0 Å². The van der Waals surface area contributed by atoms with E-state index in [0.29, 0.717) is 12.0 Å². The second-order valence-corrected chi connectivity index (χ2v) is 11.7. The maximum absolute atomic E-state index is 13.3. The number of pyridine rings is 1. The van der Waals surface area contributed by atoms with E-state index < -0.39 is 19.9 Å². The molecule has 0 spiro atoms. The Morgan fingerprint density at radius 2 is 1.70 bits per heavy atom. The highest BCUT2D eigenvalue weighted by Gasteiger charge is 2.25. The van der Waals surface area contributed by atoms with Crippen LogP contribution in [0.3, 0.4) is 0 Å². The highest BCUT2D eigenvalue weighted by molar-refractivity contribution is 7.91. The van der Waals surface area contributed by atoms with Gasteiger partial charge in [0.25, 0.3) is 0 Å². The van der Waals surface area contributed by atoms with E-state index >= 15 is 0 Å². The third-order valence-electron chi connectivity index (χ3n) is 5.44. The van der Waals surface area contributed by atoms with Gasteiger partial charge in [-0.25, -0.2) is 21.6 Å². The molecule has 0 fully saturated rings. The fourth-order valence-electron chi connectivity index (χ4n) is 3.66. The number of rotatable bonds is 8. The number of nitrogens with zero attached hydrogens (tertiary/aromatic N) is 1. The first-order valence-electron chi connectivity index (χ1n) is 10.5. The molecule has 2 aromatic carbocycles. The summed E-state index contributed by atoms with van der Waals surface area (Å²) in [5, 5.41) is 0.763. The van der Waals surface area contributed by atoms with Crippen molar-refractivity contribution in [3.05, 3.63) is 84.3 Å². The summed E-state index contributed by atoms with van der Waals surface area (Å²) >= 11 is 0. The molecule has 0 aliphatic rings. The number of sulfone groups is 1. The highest BCUT2D eigenvalue weighted by Crippen LogP contribution is 2.30. The van der Waals surface area contributed by atoms with E-state index in [1.807, 2.05) is 26.0 Å². The summed E-state index contributed by atoms with van der Waals surface area (Å²) in [7, 11) is -7.86. The van der Waals surface area contributed by atoms with Crippen molar-refractivity contribution in [3.8, 4) is 0 Å². The van der Waals surface area contributed by atoms with Crippen LogP contribution in [0.25, 0.3) is 10.9 Å². The van der Waals surface area contributed by atoms with Crippen LogP contribution in [0, 0.1) is 0 Å². The molecule has 0 aliphatic heterocycles. The van der Waals surface area contributed by atoms with Crippen LogP contribution >= 0.6 is 0 Å². The monoisotopic (exact) mass is 483 g/mol. The molecule has 0 radical (unpaired) electrons. The molecular weight excluding hydrogens is 458 g/mol. The lowest BCUT2D eigenvalue weighted by atomic mass is 10.0. The largest absolute Gasteiger partial charge is 0.361 e. The van der Waals surface area contributed by atoms with Crippen molar-refractivity contribution in [2.75, 3.05) is 6.54 Å². The van der Waals surface area contributed by atoms with Gasteiger partial charge in [0.05, 0.1) is 14.7 Å². The highest BCUT2D eigenvalue weighted by atomic mass is 32.2. The van der Waals surface area contributed by atoms with Crippen LogP contribution in [0.15, 0.2) is 87.7 Å². The number of aromatic amines is 1. The van der Waals surface area contributed by atoms with E-state index in [-0.39, 0.29) is 27.1 Å². The molecule has 2 heterocycles. The zero-order chi connectivity index (χ0) is 23.6. The Morgan fingerprint density at radius 3 is 2.42 bits per heavy atom. The molecule has 0 unspecified atom stereocenters. The quantitative estimate of drug-likeness (QED) is 0.393. The minimum absolute atomic E-state index is 0.0256. The first-order chi connectivity index (χ1) is 15.7. The standard InChI is InChI=1S/C24H25N3O4S2/c1-17(2)22-8-6-21(32(28,29)20-7-9-23-18(15-20)10-13-26-23)16-24(22)33(30,31)27-14-11-19-5-3-4-12-25-19/h3-10,12-13,15-17,26-27H,11,14H2,1-2H3. The third kappa shape index (κ3) is 4.85. The lowest BCUT2D eigenvalue weighted by Crippen LogP contribution is -2.27. The smallest absolute Gasteiger partial charge is 0.240 e. The molecule has 9 heteroatoms. The summed E-state index contributed by atoms with van der Waals surface area (Å²) < 4.78 is 55.6. The zero-order valence-electron chi connectivity index (χ0n) is 18.3. The Balaban J connectivity index is 1.68. The van der Waals surface area contributed by atoms with Gasteiger partial charge in [0, 0.05) is 42.0 Å². The normalized spacial score (nSPS) is 12.5.